The van der Waals surface area contributed by atoms with Crippen molar-refractivity contribution in [2.24, 2.45) is 0 Å². The van der Waals surface area contributed by atoms with Gasteiger partial charge in [-0.3, -0.25) is 0 Å². The minimum absolute atomic E-state index is 0.708. The Hall–Kier alpha value is -0.620. The van der Waals surface area contributed by atoms with E-state index in [0.717, 1.165) is 0 Å². The van der Waals surface area contributed by atoms with Gasteiger partial charge in [-0.1, -0.05) is 0 Å². The fourth-order valence-electron chi connectivity index (χ4n) is 0.262. The Balaban J connectivity index is 4.08. The lowest BCUT2D eigenvalue weighted by Crippen LogP contribution is -1.99. The van der Waals surface area contributed by atoms with Gasteiger partial charge in [0.1, 0.15) is 5.03 Å². The minimum Gasteiger partial charge on any atom is -0.376 e. The Morgan fingerprint density at radius 2 is 2.38 bits per heavy atom. The van der Waals surface area contributed by atoms with Crippen LogP contribution in [0.2, 0.25) is 0 Å². The monoisotopic (exact) mass is 129 g/mol. The zero-order valence-electron chi connectivity index (χ0n) is 4.82. The van der Waals surface area contributed by atoms with Crippen LogP contribution in [-0.2, 0) is 4.79 Å². The second-order valence-electron chi connectivity index (χ2n) is 1.01. The zero-order valence-corrected chi connectivity index (χ0v) is 5.63. The van der Waals surface area contributed by atoms with Gasteiger partial charge in [0.05, 0.1) is 0 Å². The summed E-state index contributed by atoms with van der Waals surface area (Å²) >= 11 is 1.43. The molecule has 3 heteroatoms. The molecule has 0 atom stereocenters. The Kier molecular flexibility index (Phi) is 4.19. The molecule has 0 saturated carbocycles. The summed E-state index contributed by atoms with van der Waals surface area (Å²) in [6.45, 7) is 0. The molecule has 0 aliphatic carbocycles. The molecule has 44 valence electrons. The maximum absolute atomic E-state index is 9.62. The number of nitrogens with one attached hydrogen (secondary N) is 1. The number of rotatable bonds is 2. The van der Waals surface area contributed by atoms with Crippen LogP contribution in [0.4, 0.5) is 0 Å². The van der Waals surface area contributed by atoms with Crippen LogP contribution in [-0.4, -0.2) is 19.2 Å². The molecule has 0 bridgehead atoms. The Morgan fingerprint density at radius 1 is 1.75 bits per heavy atom. The van der Waals surface area contributed by atoms with Gasteiger partial charge < -0.3 is 5.32 Å². The largest absolute Gasteiger partial charge is 0.376 e. The summed E-state index contributed by atoms with van der Waals surface area (Å²) in [5, 5.41) is 3.47. The zero-order chi connectivity index (χ0) is 6.41. The molecule has 0 spiro atoms. The SMILES string of the molecule is CNC(=C=C=O)SC. The first kappa shape index (κ1) is 7.38. The first-order chi connectivity index (χ1) is 3.85. The molecule has 0 aliphatic rings. The molecule has 2 nitrogen and oxygen atoms in total. The lowest BCUT2D eigenvalue weighted by molar-refractivity contribution is 0.569. The molecule has 0 aromatic rings. The predicted octanol–water partition coefficient (Wildman–Crippen LogP) is 0.397. The summed E-state index contributed by atoms with van der Waals surface area (Å²) in [6, 6.07) is 0. The Labute approximate surface area is 52.7 Å². The summed E-state index contributed by atoms with van der Waals surface area (Å²) < 4.78 is 0. The van der Waals surface area contributed by atoms with Crippen molar-refractivity contribution >= 4 is 17.7 Å². The number of hydrogen-bond acceptors (Lipinski definition) is 3. The average molecular weight is 129 g/mol. The lowest BCUT2D eigenvalue weighted by atomic mass is 10.8. The van der Waals surface area contributed by atoms with Gasteiger partial charge in [-0.2, -0.15) is 0 Å². The van der Waals surface area contributed by atoms with Gasteiger partial charge in [0, 0.05) is 12.8 Å². The molecule has 0 saturated heterocycles. The molecule has 0 aliphatic heterocycles. The normalized spacial score (nSPS) is 6.75. The molecule has 0 heterocycles. The third-order valence-electron chi connectivity index (χ3n) is 0.596. The molecule has 0 aromatic carbocycles. The number of thioether (sulfide) groups is 1. The second kappa shape index (κ2) is 4.54. The molecule has 8 heavy (non-hydrogen) atoms. The van der Waals surface area contributed by atoms with Crippen molar-refractivity contribution in [2.75, 3.05) is 13.3 Å². The fourth-order valence-corrected chi connectivity index (χ4v) is 0.610. The van der Waals surface area contributed by atoms with Crippen molar-refractivity contribution < 1.29 is 4.79 Å². The summed E-state index contributed by atoms with van der Waals surface area (Å²) in [5.74, 6) is 1.55. The third kappa shape index (κ3) is 2.54. The standard InChI is InChI=1S/C5H7NOS/c1-6-5(8-2)3-4-7/h6H,1-2H3. The summed E-state index contributed by atoms with van der Waals surface area (Å²) in [4.78, 5) is 9.62. The van der Waals surface area contributed by atoms with Crippen molar-refractivity contribution in [1.82, 2.24) is 5.32 Å². The first-order valence-electron chi connectivity index (χ1n) is 2.07. The summed E-state index contributed by atoms with van der Waals surface area (Å²) in [7, 11) is 1.73. The van der Waals surface area contributed by atoms with Crippen molar-refractivity contribution in [3.8, 4) is 0 Å². The van der Waals surface area contributed by atoms with Crippen LogP contribution in [0.25, 0.3) is 0 Å². The Bertz CT molecular complexity index is 137. The number of carbonyl (C=O) groups excluding carboxylic acids is 1. The predicted molar refractivity (Wildman–Crippen MR) is 35.3 cm³/mol. The van der Waals surface area contributed by atoms with Crippen LogP contribution in [0.15, 0.2) is 10.8 Å². The van der Waals surface area contributed by atoms with Crippen LogP contribution in [0.3, 0.4) is 0 Å². The highest BCUT2D eigenvalue weighted by molar-refractivity contribution is 8.02. The van der Waals surface area contributed by atoms with Crippen molar-refractivity contribution in [3.63, 3.8) is 0 Å². The van der Waals surface area contributed by atoms with E-state index in [9.17, 15) is 4.79 Å². The van der Waals surface area contributed by atoms with E-state index in [2.05, 4.69) is 11.0 Å². The van der Waals surface area contributed by atoms with E-state index in [4.69, 9.17) is 0 Å². The van der Waals surface area contributed by atoms with Gasteiger partial charge in [0.25, 0.3) is 0 Å². The van der Waals surface area contributed by atoms with Crippen molar-refractivity contribution in [2.45, 2.75) is 0 Å². The summed E-state index contributed by atoms with van der Waals surface area (Å²) in [5.41, 5.74) is 2.34. The molecule has 0 aromatic heterocycles. The highest BCUT2D eigenvalue weighted by atomic mass is 32.2. The van der Waals surface area contributed by atoms with Crippen LogP contribution in [0.1, 0.15) is 0 Å². The molecule has 0 amide bonds. The molecule has 1 N–H and O–H groups in total. The van der Waals surface area contributed by atoms with E-state index in [1.165, 1.54) is 11.8 Å². The van der Waals surface area contributed by atoms with Gasteiger partial charge in [-0.25, -0.2) is 4.79 Å². The molecule has 0 fully saturated rings. The second-order valence-corrected chi connectivity index (χ2v) is 1.83. The fraction of sp³-hybridized carbons (Fsp3) is 0.400. The average Bonchev–Trinajstić information content (AvgIpc) is 1.83. The smallest absolute Gasteiger partial charge is 0.179 e. The van der Waals surface area contributed by atoms with Gasteiger partial charge in [0.15, 0.2) is 5.94 Å². The van der Waals surface area contributed by atoms with Crippen LogP contribution < -0.4 is 5.32 Å². The van der Waals surface area contributed by atoms with Gasteiger partial charge in [-0.05, 0) is 6.26 Å². The molecule has 0 rings (SSSR count). The molecule has 0 unspecified atom stereocenters. The van der Waals surface area contributed by atoms with Gasteiger partial charge in [-0.15, -0.1) is 11.8 Å². The third-order valence-corrected chi connectivity index (χ3v) is 1.31. The summed E-state index contributed by atoms with van der Waals surface area (Å²) in [6.07, 6.45) is 1.86. The van der Waals surface area contributed by atoms with Crippen LogP contribution >= 0.6 is 11.8 Å². The van der Waals surface area contributed by atoms with Gasteiger partial charge >= 0.3 is 0 Å². The maximum atomic E-state index is 9.62. The highest BCUT2D eigenvalue weighted by Crippen LogP contribution is 2.01. The van der Waals surface area contributed by atoms with E-state index in [-0.39, 0.29) is 0 Å². The molecular weight excluding hydrogens is 122 g/mol. The van der Waals surface area contributed by atoms with Crippen LogP contribution in [0.5, 0.6) is 0 Å². The van der Waals surface area contributed by atoms with E-state index in [1.54, 1.807) is 13.0 Å². The van der Waals surface area contributed by atoms with Crippen molar-refractivity contribution in [3.05, 3.63) is 10.8 Å². The number of hydrogen-bond donors (Lipinski definition) is 1. The first-order valence-corrected chi connectivity index (χ1v) is 3.29. The maximum Gasteiger partial charge on any atom is 0.179 e. The van der Waals surface area contributed by atoms with E-state index >= 15 is 0 Å². The quantitative estimate of drug-likeness (QED) is 0.432. The highest BCUT2D eigenvalue weighted by Gasteiger charge is 1.82. The molecule has 0 radical (unpaired) electrons. The van der Waals surface area contributed by atoms with E-state index < -0.39 is 0 Å². The minimum atomic E-state index is 0.708. The lowest BCUT2D eigenvalue weighted by Gasteiger charge is -1.92. The van der Waals surface area contributed by atoms with E-state index in [1.807, 2.05) is 6.26 Å². The van der Waals surface area contributed by atoms with Gasteiger partial charge in [0.2, 0.25) is 0 Å². The van der Waals surface area contributed by atoms with Crippen molar-refractivity contribution in [1.29, 1.82) is 0 Å². The topological polar surface area (TPSA) is 29.1 Å². The molecular formula is C5H7NOS. The Morgan fingerprint density at radius 3 is 2.50 bits per heavy atom. The van der Waals surface area contributed by atoms with Crippen LogP contribution in [0, 0.1) is 0 Å². The van der Waals surface area contributed by atoms with E-state index in [0.29, 0.717) is 5.03 Å².